The fourth-order valence-electron chi connectivity index (χ4n) is 4.90. The second kappa shape index (κ2) is 9.15. The highest BCUT2D eigenvalue weighted by Crippen LogP contribution is 2.36. The third-order valence-corrected chi connectivity index (χ3v) is 7.25. The van der Waals surface area contributed by atoms with E-state index in [0.717, 1.165) is 17.4 Å². The Morgan fingerprint density at radius 2 is 1.97 bits per heavy atom. The number of hydrogen-bond donors (Lipinski definition) is 2. The van der Waals surface area contributed by atoms with Crippen molar-refractivity contribution in [3.63, 3.8) is 0 Å². The molecule has 0 amide bonds. The molecular formula is C25H23Cl2FN6O2. The predicted molar refractivity (Wildman–Crippen MR) is 136 cm³/mol. The maximum Gasteiger partial charge on any atom is 0.166 e. The molecule has 2 N–H and O–H groups in total. The van der Waals surface area contributed by atoms with Crippen molar-refractivity contribution in [2.75, 3.05) is 37.7 Å². The lowest BCUT2D eigenvalue weighted by molar-refractivity contribution is 0.0133. The third-order valence-electron chi connectivity index (χ3n) is 6.65. The summed E-state index contributed by atoms with van der Waals surface area (Å²) in [5, 5.41) is 12.5. The molecule has 0 aliphatic carbocycles. The maximum absolute atomic E-state index is 15.1. The molecule has 2 aliphatic rings. The van der Waals surface area contributed by atoms with Gasteiger partial charge in [-0.25, -0.2) is 9.37 Å². The predicted octanol–water partition coefficient (Wildman–Crippen LogP) is 4.78. The summed E-state index contributed by atoms with van der Waals surface area (Å²) in [5.74, 6) is 0.540. The fourth-order valence-corrected chi connectivity index (χ4v) is 5.57. The number of aromatic amines is 1. The van der Waals surface area contributed by atoms with Crippen molar-refractivity contribution in [2.24, 2.45) is 0 Å². The van der Waals surface area contributed by atoms with Crippen LogP contribution in [0, 0.1) is 5.82 Å². The van der Waals surface area contributed by atoms with Gasteiger partial charge in [0.25, 0.3) is 0 Å². The molecule has 4 aromatic rings. The van der Waals surface area contributed by atoms with Crippen LogP contribution in [0.4, 0.5) is 10.2 Å². The van der Waals surface area contributed by atoms with Crippen LogP contribution >= 0.6 is 23.2 Å². The molecule has 5 heterocycles. The molecule has 36 heavy (non-hydrogen) atoms. The third kappa shape index (κ3) is 4.16. The van der Waals surface area contributed by atoms with E-state index in [1.54, 1.807) is 6.20 Å². The highest BCUT2D eigenvalue weighted by Gasteiger charge is 2.45. The van der Waals surface area contributed by atoms with Crippen LogP contribution in [0.25, 0.3) is 22.2 Å². The van der Waals surface area contributed by atoms with Gasteiger partial charge in [0.1, 0.15) is 17.5 Å². The van der Waals surface area contributed by atoms with Gasteiger partial charge in [0, 0.05) is 54.7 Å². The molecule has 6 rings (SSSR count). The second-order valence-corrected chi connectivity index (χ2v) is 10.0. The summed E-state index contributed by atoms with van der Waals surface area (Å²) in [6, 6.07) is 7.02. The molecule has 8 nitrogen and oxygen atoms in total. The van der Waals surface area contributed by atoms with Gasteiger partial charge in [0.05, 0.1) is 34.3 Å². The van der Waals surface area contributed by atoms with E-state index in [9.17, 15) is 0 Å². The molecule has 0 bridgehead atoms. The average molecular weight is 529 g/mol. The van der Waals surface area contributed by atoms with Gasteiger partial charge in [-0.2, -0.15) is 5.10 Å². The van der Waals surface area contributed by atoms with E-state index in [1.807, 2.05) is 30.0 Å². The number of anilines is 1. The Labute approximate surface area is 216 Å². The Morgan fingerprint density at radius 1 is 1.17 bits per heavy atom. The first-order valence-corrected chi connectivity index (χ1v) is 12.4. The lowest BCUT2D eigenvalue weighted by Crippen LogP contribution is -2.74. The molecule has 3 aromatic heterocycles. The zero-order valence-electron chi connectivity index (χ0n) is 19.4. The Morgan fingerprint density at radius 3 is 2.69 bits per heavy atom. The summed E-state index contributed by atoms with van der Waals surface area (Å²) in [7, 11) is 0. The second-order valence-electron chi connectivity index (χ2n) is 9.20. The number of fused-ring (bicyclic) bond motifs is 1. The van der Waals surface area contributed by atoms with Gasteiger partial charge >= 0.3 is 0 Å². The number of aromatic nitrogens is 4. The van der Waals surface area contributed by atoms with Gasteiger partial charge in [-0.15, -0.1) is 0 Å². The van der Waals surface area contributed by atoms with Crippen LogP contribution in [0.5, 0.6) is 5.75 Å². The average Bonchev–Trinajstić information content (AvgIpc) is 3.26. The highest BCUT2D eigenvalue weighted by atomic mass is 35.5. The summed E-state index contributed by atoms with van der Waals surface area (Å²) < 4.78 is 26.8. The molecular weight excluding hydrogens is 506 g/mol. The Balaban J connectivity index is 1.24. The number of nitrogens with one attached hydrogen (secondary N) is 2. The van der Waals surface area contributed by atoms with Crippen molar-refractivity contribution < 1.29 is 13.9 Å². The lowest BCUT2D eigenvalue weighted by Gasteiger charge is -2.52. The van der Waals surface area contributed by atoms with E-state index >= 15 is 4.39 Å². The summed E-state index contributed by atoms with van der Waals surface area (Å²) in [5.41, 5.74) is 2.50. The quantitative estimate of drug-likeness (QED) is 0.385. The number of pyridine rings is 2. The molecule has 1 atom stereocenters. The highest BCUT2D eigenvalue weighted by molar-refractivity contribution is 6.35. The molecule has 186 valence electrons. The molecule has 1 spiro atoms. The first-order chi connectivity index (χ1) is 17.4. The molecule has 2 aliphatic heterocycles. The van der Waals surface area contributed by atoms with Crippen molar-refractivity contribution in [2.45, 2.75) is 18.6 Å². The number of nitrogens with zero attached hydrogens (tertiary/aromatic N) is 4. The van der Waals surface area contributed by atoms with Crippen LogP contribution in [0.15, 0.2) is 42.9 Å². The number of H-pyrrole nitrogens is 1. The SMILES string of the molecule is C[C@H](Oc1ccc2[nH]nc(-c3cnc(N4CC5(COCCN5)C4)c(F)c3)c2c1)c1c(Cl)cncc1Cl. The number of hydrogen-bond acceptors (Lipinski definition) is 7. The van der Waals surface area contributed by atoms with E-state index in [1.165, 1.54) is 18.5 Å². The number of halogens is 3. The van der Waals surface area contributed by atoms with Crippen molar-refractivity contribution in [1.29, 1.82) is 0 Å². The van der Waals surface area contributed by atoms with E-state index in [-0.39, 0.29) is 5.54 Å². The van der Waals surface area contributed by atoms with Gasteiger partial charge in [-0.1, -0.05) is 23.2 Å². The minimum absolute atomic E-state index is 0.109. The Hall–Kier alpha value is -2.98. The largest absolute Gasteiger partial charge is 0.486 e. The molecule has 2 saturated heterocycles. The molecule has 2 fully saturated rings. The van der Waals surface area contributed by atoms with Gasteiger partial charge in [-0.05, 0) is 31.2 Å². The van der Waals surface area contributed by atoms with Crippen molar-refractivity contribution in [1.82, 2.24) is 25.5 Å². The van der Waals surface area contributed by atoms with E-state index in [4.69, 9.17) is 32.7 Å². The smallest absolute Gasteiger partial charge is 0.166 e. The minimum Gasteiger partial charge on any atom is -0.486 e. The normalized spacial score (nSPS) is 17.8. The van der Waals surface area contributed by atoms with E-state index < -0.39 is 11.9 Å². The number of morpholine rings is 1. The Kier molecular flexibility index (Phi) is 5.95. The zero-order chi connectivity index (χ0) is 24.9. The van der Waals surface area contributed by atoms with E-state index in [2.05, 4.69) is 25.5 Å². The van der Waals surface area contributed by atoms with Crippen LogP contribution in [-0.2, 0) is 4.74 Å². The van der Waals surface area contributed by atoms with Gasteiger partial charge in [0.2, 0.25) is 0 Å². The molecule has 0 unspecified atom stereocenters. The van der Waals surface area contributed by atoms with Gasteiger partial charge in [-0.3, -0.25) is 10.1 Å². The van der Waals surface area contributed by atoms with Gasteiger partial charge in [0.15, 0.2) is 11.6 Å². The summed E-state index contributed by atoms with van der Waals surface area (Å²) in [6.45, 7) is 5.32. The summed E-state index contributed by atoms with van der Waals surface area (Å²) in [4.78, 5) is 10.3. The standard InChI is InChI=1S/C25H23Cl2FN6O2/c1-14(22-18(26)9-29-10-19(22)27)36-16-2-3-21-17(7-16)23(33-32-21)15-6-20(28)24(30-8-15)34-11-25(12-34)13-35-5-4-31-25/h2-3,6-10,14,31H,4-5,11-13H2,1H3,(H,32,33)/t14-/m0/s1. The van der Waals surface area contributed by atoms with Crippen LogP contribution in [0.2, 0.25) is 10.0 Å². The van der Waals surface area contributed by atoms with Crippen LogP contribution in [0.3, 0.4) is 0 Å². The molecule has 11 heteroatoms. The topological polar surface area (TPSA) is 88.2 Å². The van der Waals surface area contributed by atoms with Crippen LogP contribution in [0.1, 0.15) is 18.6 Å². The monoisotopic (exact) mass is 528 g/mol. The van der Waals surface area contributed by atoms with Crippen molar-refractivity contribution >= 4 is 39.9 Å². The van der Waals surface area contributed by atoms with Crippen molar-refractivity contribution in [3.8, 4) is 17.0 Å². The zero-order valence-corrected chi connectivity index (χ0v) is 20.9. The number of ether oxygens (including phenoxy) is 2. The lowest BCUT2D eigenvalue weighted by atomic mass is 9.89. The fraction of sp³-hybridized carbons (Fsp3) is 0.320. The Bertz CT molecular complexity index is 1410. The number of benzene rings is 1. The van der Waals surface area contributed by atoms with Gasteiger partial charge < -0.3 is 19.7 Å². The van der Waals surface area contributed by atoms with Crippen LogP contribution in [-0.4, -0.2) is 58.6 Å². The first kappa shape index (κ1) is 23.4. The van der Waals surface area contributed by atoms with E-state index in [0.29, 0.717) is 64.7 Å². The summed E-state index contributed by atoms with van der Waals surface area (Å²) >= 11 is 12.6. The first-order valence-electron chi connectivity index (χ1n) is 11.6. The molecule has 1 aromatic carbocycles. The van der Waals surface area contributed by atoms with Crippen LogP contribution < -0.4 is 15.0 Å². The summed E-state index contributed by atoms with van der Waals surface area (Å²) in [6.07, 6.45) is 4.30. The number of rotatable bonds is 5. The molecule has 0 saturated carbocycles. The minimum atomic E-state index is -0.414. The molecule has 0 radical (unpaired) electrons. The van der Waals surface area contributed by atoms with Crippen molar-refractivity contribution in [3.05, 3.63) is 64.3 Å². The maximum atomic E-state index is 15.1.